The maximum atomic E-state index is 12.8. The molecule has 1 atom stereocenters. The molecule has 1 N–H and O–H groups in total. The highest BCUT2D eigenvalue weighted by Crippen LogP contribution is 2.32. The summed E-state index contributed by atoms with van der Waals surface area (Å²) < 4.78 is 32.1. The van der Waals surface area contributed by atoms with Crippen LogP contribution >= 0.6 is 0 Å². The van der Waals surface area contributed by atoms with Gasteiger partial charge in [-0.05, 0) is 62.8 Å². The molecule has 1 aromatic rings. The Morgan fingerprint density at radius 3 is 2.29 bits per heavy atom. The largest absolute Gasteiger partial charge is 0.452 e. The Kier molecular flexibility index (Phi) is 6.72. The number of nitrogens with one attached hydrogen (secondary N) is 1. The van der Waals surface area contributed by atoms with Crippen molar-refractivity contribution in [3.05, 3.63) is 29.8 Å². The molecule has 154 valence electrons. The second-order valence-electron chi connectivity index (χ2n) is 7.61. The fourth-order valence-electron chi connectivity index (χ4n) is 3.42. The predicted octanol–water partition coefficient (Wildman–Crippen LogP) is 2.32. The van der Waals surface area contributed by atoms with Crippen molar-refractivity contribution in [3.63, 3.8) is 0 Å². The Bertz CT molecular complexity index is 794. The lowest BCUT2D eigenvalue weighted by Gasteiger charge is -2.20. The number of carbonyl (C=O) groups is 2. The number of ether oxygens (including phenoxy) is 1. The number of hydrogen-bond acceptors (Lipinski definition) is 5. The van der Waals surface area contributed by atoms with E-state index in [9.17, 15) is 18.0 Å². The third-order valence-corrected chi connectivity index (χ3v) is 7.26. The zero-order chi connectivity index (χ0) is 20.1. The second kappa shape index (κ2) is 9.05. The molecule has 2 aliphatic rings. The molecule has 1 unspecified atom stereocenters. The summed E-state index contributed by atoms with van der Waals surface area (Å²) in [4.78, 5) is 24.1. The Hall–Kier alpha value is -1.93. The fourth-order valence-corrected chi connectivity index (χ4v) is 4.94. The molecule has 0 bridgehead atoms. The predicted molar refractivity (Wildman–Crippen MR) is 104 cm³/mol. The summed E-state index contributed by atoms with van der Waals surface area (Å²) in [7, 11) is -3.55. The van der Waals surface area contributed by atoms with Crippen molar-refractivity contribution in [2.75, 3.05) is 19.7 Å². The Morgan fingerprint density at radius 2 is 1.71 bits per heavy atom. The first-order valence-corrected chi connectivity index (χ1v) is 11.4. The number of nitrogens with zero attached hydrogens (tertiary/aromatic N) is 1. The van der Waals surface area contributed by atoms with Crippen LogP contribution in [0, 0.1) is 5.92 Å². The van der Waals surface area contributed by atoms with Crippen molar-refractivity contribution in [2.45, 2.75) is 56.4 Å². The molecule has 1 aliphatic heterocycles. The van der Waals surface area contributed by atoms with Gasteiger partial charge in [0.05, 0.1) is 10.5 Å². The van der Waals surface area contributed by atoms with Gasteiger partial charge in [-0.2, -0.15) is 4.31 Å². The highest BCUT2D eigenvalue weighted by molar-refractivity contribution is 7.89. The second-order valence-corrected chi connectivity index (χ2v) is 9.55. The molecule has 1 aliphatic carbocycles. The van der Waals surface area contributed by atoms with Crippen molar-refractivity contribution in [1.82, 2.24) is 9.62 Å². The third kappa shape index (κ3) is 5.32. The van der Waals surface area contributed by atoms with Crippen molar-refractivity contribution in [2.24, 2.45) is 5.92 Å². The number of sulfonamides is 1. The summed E-state index contributed by atoms with van der Waals surface area (Å²) in [6.45, 7) is 2.66. The summed E-state index contributed by atoms with van der Waals surface area (Å²) in [5.41, 5.74) is 0.220. The molecular weight excluding hydrogens is 380 g/mol. The van der Waals surface area contributed by atoms with Gasteiger partial charge in [-0.1, -0.05) is 12.8 Å². The Labute approximate surface area is 166 Å². The maximum Gasteiger partial charge on any atom is 0.338 e. The minimum Gasteiger partial charge on any atom is -0.452 e. The zero-order valence-corrected chi connectivity index (χ0v) is 17.0. The van der Waals surface area contributed by atoms with E-state index in [0.29, 0.717) is 19.0 Å². The first kappa shape index (κ1) is 20.8. The van der Waals surface area contributed by atoms with E-state index in [1.54, 1.807) is 0 Å². The lowest BCUT2D eigenvalue weighted by molar-refractivity contribution is -0.124. The van der Waals surface area contributed by atoms with Crippen molar-refractivity contribution >= 4 is 21.9 Å². The van der Waals surface area contributed by atoms with Crippen LogP contribution < -0.4 is 5.32 Å². The van der Waals surface area contributed by atoms with Crippen LogP contribution in [0.4, 0.5) is 0 Å². The minimum absolute atomic E-state index is 0.0923. The summed E-state index contributed by atoms with van der Waals surface area (Å²) in [6, 6.07) is 5.79. The molecule has 1 heterocycles. The van der Waals surface area contributed by atoms with Crippen molar-refractivity contribution in [1.29, 1.82) is 0 Å². The highest BCUT2D eigenvalue weighted by atomic mass is 32.2. The van der Waals surface area contributed by atoms with Gasteiger partial charge in [0.2, 0.25) is 10.0 Å². The van der Waals surface area contributed by atoms with Crippen LogP contribution in [-0.2, 0) is 19.6 Å². The minimum atomic E-state index is -3.55. The van der Waals surface area contributed by atoms with E-state index >= 15 is 0 Å². The molecular formula is C20H28N2O5S. The molecule has 0 spiro atoms. The molecule has 0 aromatic heterocycles. The van der Waals surface area contributed by atoms with Gasteiger partial charge in [-0.15, -0.1) is 0 Å². The molecule has 1 amide bonds. The normalized spacial score (nSPS) is 19.5. The molecule has 7 nitrogen and oxygen atoms in total. The monoisotopic (exact) mass is 408 g/mol. The maximum absolute atomic E-state index is 12.8. The zero-order valence-electron chi connectivity index (χ0n) is 16.2. The quantitative estimate of drug-likeness (QED) is 0.699. The van der Waals surface area contributed by atoms with Gasteiger partial charge in [0.25, 0.3) is 5.91 Å². The van der Waals surface area contributed by atoms with Gasteiger partial charge in [-0.25, -0.2) is 13.2 Å². The number of rotatable bonds is 7. The van der Waals surface area contributed by atoms with E-state index in [1.165, 1.54) is 28.6 Å². The van der Waals surface area contributed by atoms with Crippen LogP contribution in [0.2, 0.25) is 0 Å². The fraction of sp³-hybridized carbons (Fsp3) is 0.600. The Morgan fingerprint density at radius 1 is 1.11 bits per heavy atom. The van der Waals surface area contributed by atoms with Gasteiger partial charge in [0, 0.05) is 19.1 Å². The number of carbonyl (C=O) groups excluding carboxylic acids is 2. The summed E-state index contributed by atoms with van der Waals surface area (Å²) in [5.74, 6) is -0.445. The number of benzene rings is 1. The molecule has 0 radical (unpaired) electrons. The van der Waals surface area contributed by atoms with E-state index in [4.69, 9.17) is 4.74 Å². The average Bonchev–Trinajstić information content (AvgIpc) is 3.53. The summed E-state index contributed by atoms with van der Waals surface area (Å²) in [6.07, 6.45) is 6.06. The van der Waals surface area contributed by atoms with Gasteiger partial charge in [0.1, 0.15) is 0 Å². The Balaban J connectivity index is 1.55. The standard InChI is InChI=1S/C20H28N2O5S/c1-15(16-6-7-16)21-19(23)14-27-20(24)17-8-10-18(11-9-17)28(25,26)22-12-4-2-3-5-13-22/h8-11,15-16H,2-7,12-14H2,1H3,(H,21,23). The van der Waals surface area contributed by atoms with Gasteiger partial charge in [0.15, 0.2) is 6.61 Å². The molecule has 28 heavy (non-hydrogen) atoms. The van der Waals surface area contributed by atoms with Gasteiger partial charge < -0.3 is 10.1 Å². The van der Waals surface area contributed by atoms with Crippen LogP contribution in [0.5, 0.6) is 0 Å². The highest BCUT2D eigenvalue weighted by Gasteiger charge is 2.29. The molecule has 1 aromatic carbocycles. The van der Waals surface area contributed by atoms with Gasteiger partial charge >= 0.3 is 5.97 Å². The van der Waals surface area contributed by atoms with Gasteiger partial charge in [-0.3, -0.25) is 4.79 Å². The van der Waals surface area contributed by atoms with Crippen LogP contribution in [0.1, 0.15) is 55.8 Å². The SMILES string of the molecule is CC(NC(=O)COC(=O)c1ccc(S(=O)(=O)N2CCCCCC2)cc1)C1CC1. The molecule has 2 fully saturated rings. The van der Waals surface area contributed by atoms with Crippen molar-refractivity contribution in [3.8, 4) is 0 Å². The number of esters is 1. The molecule has 1 saturated carbocycles. The van der Waals surface area contributed by atoms with Crippen LogP contribution in [-0.4, -0.2) is 50.3 Å². The van der Waals surface area contributed by atoms with E-state index in [1.807, 2.05) is 6.92 Å². The van der Waals surface area contributed by atoms with E-state index in [-0.39, 0.29) is 29.0 Å². The third-order valence-electron chi connectivity index (χ3n) is 5.34. The average molecular weight is 409 g/mol. The summed E-state index contributed by atoms with van der Waals surface area (Å²) in [5, 5.41) is 2.82. The van der Waals surface area contributed by atoms with Crippen LogP contribution in [0.25, 0.3) is 0 Å². The first-order chi connectivity index (χ1) is 13.4. The van der Waals surface area contributed by atoms with Crippen LogP contribution in [0.3, 0.4) is 0 Å². The molecule has 3 rings (SSSR count). The molecule has 1 saturated heterocycles. The lowest BCUT2D eigenvalue weighted by Crippen LogP contribution is -2.37. The molecule has 8 heteroatoms. The van der Waals surface area contributed by atoms with E-state index in [2.05, 4.69) is 5.32 Å². The topological polar surface area (TPSA) is 92.8 Å². The smallest absolute Gasteiger partial charge is 0.338 e. The first-order valence-electron chi connectivity index (χ1n) is 9.94. The number of hydrogen-bond donors (Lipinski definition) is 1. The lowest BCUT2D eigenvalue weighted by atomic mass is 10.2. The van der Waals surface area contributed by atoms with E-state index < -0.39 is 16.0 Å². The number of amides is 1. The van der Waals surface area contributed by atoms with Crippen LogP contribution in [0.15, 0.2) is 29.2 Å². The summed E-state index contributed by atoms with van der Waals surface area (Å²) >= 11 is 0. The van der Waals surface area contributed by atoms with E-state index in [0.717, 1.165) is 38.5 Å². The van der Waals surface area contributed by atoms with Crippen molar-refractivity contribution < 1.29 is 22.7 Å².